The second-order valence-electron chi connectivity index (χ2n) is 10.4. The van der Waals surface area contributed by atoms with Crippen molar-refractivity contribution in [3.05, 3.63) is 69.1 Å². The van der Waals surface area contributed by atoms with E-state index >= 15 is 0 Å². The van der Waals surface area contributed by atoms with Gasteiger partial charge in [-0.15, -0.1) is 11.8 Å². The highest BCUT2D eigenvalue weighted by molar-refractivity contribution is 7.98. The van der Waals surface area contributed by atoms with Gasteiger partial charge >= 0.3 is 0 Å². The third-order valence-corrected chi connectivity index (χ3v) is 8.28. The van der Waals surface area contributed by atoms with Gasteiger partial charge in [-0.25, -0.2) is 9.67 Å². The SMILES string of the molecule is CSc1nc(C)ccc1NC(C)c1cc(C)cc2c(=O)n(C)c(N3CCN(c4c(C)nn(C)c4F)CC3)cc12. The maximum atomic E-state index is 14.7. The second kappa shape index (κ2) is 10.6. The van der Waals surface area contributed by atoms with Crippen molar-refractivity contribution >= 4 is 39.7 Å². The molecule has 206 valence electrons. The topological polar surface area (TPSA) is 71.2 Å². The standard InChI is InChI=1S/C29H36FN7OS/c1-17-14-21(19(3)32-24-9-8-18(2)31-28(24)39-7)22-16-25(34(5)29(38)23(22)15-17)36-10-12-37(13-11-36)26-20(4)33-35(6)27(26)30/h8-9,14-16,19,32H,10-13H2,1-7H3. The molecule has 0 radical (unpaired) electrons. The van der Waals surface area contributed by atoms with Gasteiger partial charge in [0.2, 0.25) is 5.95 Å². The van der Waals surface area contributed by atoms with Crippen molar-refractivity contribution in [2.45, 2.75) is 38.8 Å². The number of pyridine rings is 2. The summed E-state index contributed by atoms with van der Waals surface area (Å²) in [7, 11) is 3.46. The molecule has 3 aromatic heterocycles. The monoisotopic (exact) mass is 549 g/mol. The van der Waals surface area contributed by atoms with E-state index in [2.05, 4.69) is 45.4 Å². The normalized spacial score (nSPS) is 14.8. The molecule has 5 rings (SSSR count). The molecule has 39 heavy (non-hydrogen) atoms. The molecule has 1 fully saturated rings. The molecule has 4 heterocycles. The van der Waals surface area contributed by atoms with E-state index in [1.54, 1.807) is 23.4 Å². The molecule has 8 nitrogen and oxygen atoms in total. The van der Waals surface area contributed by atoms with Crippen LogP contribution < -0.4 is 20.7 Å². The van der Waals surface area contributed by atoms with Gasteiger partial charge in [-0.05, 0) is 74.7 Å². The number of aromatic nitrogens is 4. The minimum Gasteiger partial charge on any atom is -0.376 e. The highest BCUT2D eigenvalue weighted by Crippen LogP contribution is 2.33. The van der Waals surface area contributed by atoms with Crippen LogP contribution in [0.5, 0.6) is 0 Å². The lowest BCUT2D eigenvalue weighted by molar-refractivity contribution is 0.498. The number of benzene rings is 1. The number of rotatable bonds is 6. The van der Waals surface area contributed by atoms with Gasteiger partial charge < -0.3 is 15.1 Å². The Labute approximate surface area is 232 Å². The van der Waals surface area contributed by atoms with Crippen LogP contribution in [0.25, 0.3) is 10.8 Å². The fraction of sp³-hybridized carbons (Fsp3) is 0.414. The number of hydrogen-bond donors (Lipinski definition) is 1. The number of nitrogens with one attached hydrogen (secondary N) is 1. The van der Waals surface area contributed by atoms with Crippen LogP contribution in [0.1, 0.15) is 35.5 Å². The number of nitrogens with zero attached hydrogens (tertiary/aromatic N) is 6. The average molecular weight is 550 g/mol. The molecule has 0 amide bonds. The number of anilines is 3. The van der Waals surface area contributed by atoms with Crippen molar-refractivity contribution in [1.82, 2.24) is 19.3 Å². The molecule has 0 aliphatic carbocycles. The summed E-state index contributed by atoms with van der Waals surface area (Å²) < 4.78 is 17.7. The van der Waals surface area contributed by atoms with Crippen molar-refractivity contribution in [1.29, 1.82) is 0 Å². The van der Waals surface area contributed by atoms with E-state index in [1.165, 1.54) is 4.68 Å². The maximum Gasteiger partial charge on any atom is 0.259 e. The highest BCUT2D eigenvalue weighted by atomic mass is 32.2. The number of halogens is 1. The first kappa shape index (κ1) is 27.1. The van der Waals surface area contributed by atoms with E-state index < -0.39 is 0 Å². The third-order valence-electron chi connectivity index (χ3n) is 7.58. The zero-order valence-corrected chi connectivity index (χ0v) is 24.5. The smallest absolute Gasteiger partial charge is 0.259 e. The van der Waals surface area contributed by atoms with E-state index in [-0.39, 0.29) is 17.5 Å². The lowest BCUT2D eigenvalue weighted by Gasteiger charge is -2.37. The molecular weight excluding hydrogens is 513 g/mol. The summed E-state index contributed by atoms with van der Waals surface area (Å²) in [5.74, 6) is 0.559. The van der Waals surface area contributed by atoms with Gasteiger partial charge in [0.25, 0.3) is 5.56 Å². The summed E-state index contributed by atoms with van der Waals surface area (Å²) in [6, 6.07) is 10.3. The van der Waals surface area contributed by atoms with E-state index in [9.17, 15) is 9.18 Å². The second-order valence-corrected chi connectivity index (χ2v) is 11.2. The first-order valence-corrected chi connectivity index (χ1v) is 14.4. The lowest BCUT2D eigenvalue weighted by Crippen LogP contribution is -2.48. The molecule has 1 aliphatic rings. The highest BCUT2D eigenvalue weighted by Gasteiger charge is 2.26. The predicted octanol–water partition coefficient (Wildman–Crippen LogP) is 4.95. The van der Waals surface area contributed by atoms with E-state index in [4.69, 9.17) is 0 Å². The van der Waals surface area contributed by atoms with Crippen LogP contribution in [-0.2, 0) is 14.1 Å². The Hall–Kier alpha value is -3.53. The predicted molar refractivity (Wildman–Crippen MR) is 159 cm³/mol. The van der Waals surface area contributed by atoms with Crippen molar-refractivity contribution in [3.8, 4) is 0 Å². The molecule has 0 spiro atoms. The van der Waals surface area contributed by atoms with Crippen LogP contribution >= 0.6 is 11.8 Å². The van der Waals surface area contributed by atoms with Crippen molar-refractivity contribution in [2.75, 3.05) is 47.6 Å². The summed E-state index contributed by atoms with van der Waals surface area (Å²) in [6.45, 7) is 10.6. The first-order valence-electron chi connectivity index (χ1n) is 13.2. The molecule has 1 saturated heterocycles. The fourth-order valence-corrected chi connectivity index (χ4v) is 6.16. The fourth-order valence-electron chi connectivity index (χ4n) is 5.58. The number of fused-ring (bicyclic) bond motifs is 1. The van der Waals surface area contributed by atoms with Gasteiger partial charge in [-0.3, -0.25) is 9.36 Å². The van der Waals surface area contributed by atoms with Crippen LogP contribution in [0.3, 0.4) is 0 Å². The average Bonchev–Trinajstić information content (AvgIpc) is 3.17. The largest absolute Gasteiger partial charge is 0.376 e. The summed E-state index contributed by atoms with van der Waals surface area (Å²) in [5.41, 5.74) is 5.32. The van der Waals surface area contributed by atoms with Crippen LogP contribution in [0.4, 0.5) is 21.6 Å². The van der Waals surface area contributed by atoms with Gasteiger partial charge in [-0.2, -0.15) is 9.49 Å². The quantitative estimate of drug-likeness (QED) is 0.341. The van der Waals surface area contributed by atoms with Gasteiger partial charge in [0.1, 0.15) is 16.5 Å². The van der Waals surface area contributed by atoms with Gasteiger partial charge in [0.15, 0.2) is 0 Å². The van der Waals surface area contributed by atoms with E-state index in [1.807, 2.05) is 51.1 Å². The summed E-state index contributed by atoms with van der Waals surface area (Å²) in [6.07, 6.45) is 2.03. The first-order chi connectivity index (χ1) is 18.6. The zero-order valence-electron chi connectivity index (χ0n) is 23.7. The minimum atomic E-state index is -0.311. The number of aryl methyl sites for hydroxylation is 4. The van der Waals surface area contributed by atoms with Crippen molar-refractivity contribution < 1.29 is 4.39 Å². The Bertz CT molecular complexity index is 1600. The Balaban J connectivity index is 1.49. The van der Waals surface area contributed by atoms with E-state index in [0.29, 0.717) is 42.9 Å². The van der Waals surface area contributed by atoms with Crippen LogP contribution in [0.15, 0.2) is 40.2 Å². The molecular formula is C29H36FN7OS. The molecule has 1 aliphatic heterocycles. The third kappa shape index (κ3) is 4.97. The molecule has 0 bridgehead atoms. The van der Waals surface area contributed by atoms with Crippen LogP contribution in [0.2, 0.25) is 0 Å². The van der Waals surface area contributed by atoms with Crippen molar-refractivity contribution in [2.24, 2.45) is 14.1 Å². The van der Waals surface area contributed by atoms with Gasteiger partial charge in [0.05, 0.1) is 11.4 Å². The van der Waals surface area contributed by atoms with E-state index in [0.717, 1.165) is 38.7 Å². The summed E-state index contributed by atoms with van der Waals surface area (Å²) in [4.78, 5) is 22.6. The Kier molecular flexibility index (Phi) is 7.33. The minimum absolute atomic E-state index is 0.0157. The lowest BCUT2D eigenvalue weighted by atomic mass is 9.97. The zero-order chi connectivity index (χ0) is 28.0. The number of thioether (sulfide) groups is 1. The molecule has 0 saturated carbocycles. The molecule has 1 N–H and O–H groups in total. The van der Waals surface area contributed by atoms with Gasteiger partial charge in [0, 0.05) is 57.4 Å². The van der Waals surface area contributed by atoms with Crippen LogP contribution in [0, 0.1) is 26.7 Å². The molecule has 4 aromatic rings. The Morgan fingerprint density at radius 1 is 1.00 bits per heavy atom. The maximum absolute atomic E-state index is 14.7. The Morgan fingerprint density at radius 2 is 1.69 bits per heavy atom. The van der Waals surface area contributed by atoms with Crippen molar-refractivity contribution in [3.63, 3.8) is 0 Å². The van der Waals surface area contributed by atoms with Crippen LogP contribution in [-0.4, -0.2) is 51.8 Å². The molecule has 1 aromatic carbocycles. The van der Waals surface area contributed by atoms with Gasteiger partial charge in [-0.1, -0.05) is 6.07 Å². The molecule has 10 heteroatoms. The summed E-state index contributed by atoms with van der Waals surface area (Å²) >= 11 is 1.61. The molecule has 1 unspecified atom stereocenters. The number of piperazine rings is 1. The molecule has 1 atom stereocenters. The Morgan fingerprint density at radius 3 is 2.33 bits per heavy atom. The number of hydrogen-bond acceptors (Lipinski definition) is 7. The summed E-state index contributed by atoms with van der Waals surface area (Å²) in [5, 5.41) is 10.5.